The summed E-state index contributed by atoms with van der Waals surface area (Å²) in [5.41, 5.74) is 2.49. The third kappa shape index (κ3) is 7.25. The van der Waals surface area contributed by atoms with E-state index in [0.717, 1.165) is 5.75 Å². The molecule has 0 aliphatic carbocycles. The molecule has 7 heteroatoms. The van der Waals surface area contributed by atoms with Crippen LogP contribution in [0.3, 0.4) is 0 Å². The molecule has 1 amide bonds. The normalized spacial score (nSPS) is 11.9. The Labute approximate surface area is 180 Å². The van der Waals surface area contributed by atoms with Gasteiger partial charge in [0, 0.05) is 23.6 Å². The number of carbonyl (C=O) groups is 1. The van der Waals surface area contributed by atoms with E-state index in [2.05, 4.69) is 65.8 Å². The molecule has 1 heterocycles. The number of aryl methyl sites for hydroxylation is 1. The van der Waals surface area contributed by atoms with Crippen LogP contribution in [0.5, 0.6) is 0 Å². The minimum atomic E-state index is -0.0306. The number of nitrogens with one attached hydrogen (secondary N) is 1. The third-order valence-electron chi connectivity index (χ3n) is 4.34. The van der Waals surface area contributed by atoms with Crippen LogP contribution in [0.4, 0.5) is 0 Å². The van der Waals surface area contributed by atoms with Crippen molar-refractivity contribution in [3.63, 3.8) is 0 Å². The average Bonchev–Trinajstić information content (AvgIpc) is 3.19. The molecule has 5 nitrogen and oxygen atoms in total. The molecular weight excluding hydrogens is 402 g/mol. The maximum Gasteiger partial charge on any atom is 0.277 e. The van der Waals surface area contributed by atoms with Crippen LogP contribution in [0.2, 0.25) is 0 Å². The van der Waals surface area contributed by atoms with Gasteiger partial charge in [0.05, 0.1) is 5.75 Å². The number of thioether (sulfide) groups is 2. The Morgan fingerprint density at radius 2 is 1.83 bits per heavy atom. The lowest BCUT2D eigenvalue weighted by molar-refractivity contribution is -0.118. The Kier molecular flexibility index (Phi) is 8.19. The van der Waals surface area contributed by atoms with Crippen LogP contribution in [0.25, 0.3) is 0 Å². The van der Waals surface area contributed by atoms with Crippen molar-refractivity contribution >= 4 is 29.4 Å². The Hall–Kier alpha value is -2.25. The zero-order valence-electron chi connectivity index (χ0n) is 16.6. The maximum atomic E-state index is 12.0. The lowest BCUT2D eigenvalue weighted by atomic mass is 9.98. The smallest absolute Gasteiger partial charge is 0.277 e. The number of benzene rings is 2. The number of rotatable bonds is 10. The van der Waals surface area contributed by atoms with E-state index in [4.69, 9.17) is 4.42 Å². The second-order valence-electron chi connectivity index (χ2n) is 6.78. The highest BCUT2D eigenvalue weighted by Gasteiger charge is 2.13. The molecule has 1 atom stereocenters. The van der Waals surface area contributed by atoms with Gasteiger partial charge in [0.1, 0.15) is 0 Å². The quantitative estimate of drug-likeness (QED) is 0.373. The zero-order chi connectivity index (χ0) is 20.5. The first-order valence-electron chi connectivity index (χ1n) is 9.56. The fraction of sp³-hybridized carbons (Fsp3) is 0.318. The maximum absolute atomic E-state index is 12.0. The first kappa shape index (κ1) is 21.5. The van der Waals surface area contributed by atoms with Gasteiger partial charge >= 0.3 is 0 Å². The molecule has 3 aromatic rings. The van der Waals surface area contributed by atoms with E-state index in [1.807, 2.05) is 18.2 Å². The number of hydrogen-bond donors (Lipinski definition) is 1. The zero-order valence-corrected chi connectivity index (χ0v) is 18.3. The Bertz CT molecular complexity index is 898. The first-order valence-corrected chi connectivity index (χ1v) is 11.5. The van der Waals surface area contributed by atoms with Gasteiger partial charge in [-0.1, -0.05) is 66.7 Å². The van der Waals surface area contributed by atoms with Crippen molar-refractivity contribution in [1.29, 1.82) is 0 Å². The molecule has 0 saturated heterocycles. The summed E-state index contributed by atoms with van der Waals surface area (Å²) in [5, 5.41) is 11.5. The minimum absolute atomic E-state index is 0.0306. The molecule has 0 aliphatic rings. The van der Waals surface area contributed by atoms with E-state index in [1.54, 1.807) is 11.8 Å². The van der Waals surface area contributed by atoms with Gasteiger partial charge in [0.2, 0.25) is 11.8 Å². The van der Waals surface area contributed by atoms with Crippen molar-refractivity contribution in [1.82, 2.24) is 15.5 Å². The van der Waals surface area contributed by atoms with Crippen molar-refractivity contribution in [2.75, 3.05) is 18.1 Å². The average molecular weight is 428 g/mol. The monoisotopic (exact) mass is 427 g/mol. The Morgan fingerprint density at radius 3 is 2.59 bits per heavy atom. The highest BCUT2D eigenvalue weighted by atomic mass is 32.2. The fourth-order valence-electron chi connectivity index (χ4n) is 2.71. The van der Waals surface area contributed by atoms with E-state index in [9.17, 15) is 4.79 Å². The number of amides is 1. The molecule has 152 valence electrons. The molecule has 0 spiro atoms. The number of nitrogens with zero attached hydrogens (tertiary/aromatic N) is 2. The van der Waals surface area contributed by atoms with Crippen molar-refractivity contribution in [2.45, 2.75) is 36.3 Å². The largest absolute Gasteiger partial charge is 0.416 e. The number of carbonyl (C=O) groups excluding carboxylic acids is 1. The van der Waals surface area contributed by atoms with E-state index in [1.165, 1.54) is 27.8 Å². The predicted octanol–water partition coefficient (Wildman–Crippen LogP) is 4.72. The second kappa shape index (κ2) is 11.1. The predicted molar refractivity (Wildman–Crippen MR) is 118 cm³/mol. The molecule has 0 aliphatic heterocycles. The summed E-state index contributed by atoms with van der Waals surface area (Å²) in [7, 11) is 0. The molecule has 0 fully saturated rings. The summed E-state index contributed by atoms with van der Waals surface area (Å²) in [4.78, 5) is 13.2. The fourth-order valence-corrected chi connectivity index (χ4v) is 4.09. The van der Waals surface area contributed by atoms with Gasteiger partial charge in [0.25, 0.3) is 5.22 Å². The van der Waals surface area contributed by atoms with Crippen LogP contribution in [0.1, 0.15) is 29.9 Å². The molecule has 29 heavy (non-hydrogen) atoms. The lowest BCUT2D eigenvalue weighted by Gasteiger charge is -2.08. The highest BCUT2D eigenvalue weighted by Crippen LogP contribution is 2.22. The van der Waals surface area contributed by atoms with Crippen molar-refractivity contribution in [3.05, 3.63) is 71.6 Å². The molecule has 0 bridgehead atoms. The Morgan fingerprint density at radius 1 is 1.07 bits per heavy atom. The van der Waals surface area contributed by atoms with E-state index in [0.29, 0.717) is 30.0 Å². The van der Waals surface area contributed by atoms with Crippen LogP contribution in [0, 0.1) is 6.92 Å². The Balaban J connectivity index is 1.34. The van der Waals surface area contributed by atoms with Gasteiger partial charge in [0.15, 0.2) is 0 Å². The van der Waals surface area contributed by atoms with Crippen LogP contribution >= 0.6 is 23.5 Å². The summed E-state index contributed by atoms with van der Waals surface area (Å²) >= 11 is 3.00. The SMILES string of the molecule is Cc1ccc(SCCNC(=O)CSc2nnc(C[C@H](C)c3ccccc3)o2)cc1. The lowest BCUT2D eigenvalue weighted by Crippen LogP contribution is -2.27. The second-order valence-corrected chi connectivity index (χ2v) is 8.87. The van der Waals surface area contributed by atoms with E-state index in [-0.39, 0.29) is 11.7 Å². The summed E-state index contributed by atoms with van der Waals surface area (Å²) in [5.74, 6) is 1.96. The van der Waals surface area contributed by atoms with Gasteiger partial charge < -0.3 is 9.73 Å². The summed E-state index contributed by atoms with van der Waals surface area (Å²) in [6.07, 6.45) is 0.681. The summed E-state index contributed by atoms with van der Waals surface area (Å²) < 4.78 is 5.68. The van der Waals surface area contributed by atoms with Crippen LogP contribution < -0.4 is 5.32 Å². The molecule has 1 N–H and O–H groups in total. The number of aromatic nitrogens is 2. The van der Waals surface area contributed by atoms with Gasteiger partial charge in [-0.25, -0.2) is 0 Å². The van der Waals surface area contributed by atoms with Gasteiger partial charge in [-0.15, -0.1) is 22.0 Å². The molecule has 0 radical (unpaired) electrons. The molecule has 0 unspecified atom stereocenters. The summed E-state index contributed by atoms with van der Waals surface area (Å²) in [6.45, 7) is 4.83. The van der Waals surface area contributed by atoms with Crippen LogP contribution in [-0.4, -0.2) is 34.2 Å². The summed E-state index contributed by atoms with van der Waals surface area (Å²) in [6, 6.07) is 18.6. The van der Waals surface area contributed by atoms with Gasteiger partial charge in [-0.3, -0.25) is 4.79 Å². The van der Waals surface area contributed by atoms with Gasteiger partial charge in [-0.05, 0) is 30.5 Å². The highest BCUT2D eigenvalue weighted by molar-refractivity contribution is 7.99. The van der Waals surface area contributed by atoms with Crippen molar-refractivity contribution in [2.24, 2.45) is 0 Å². The van der Waals surface area contributed by atoms with Crippen LogP contribution in [-0.2, 0) is 11.2 Å². The van der Waals surface area contributed by atoms with Crippen molar-refractivity contribution in [3.8, 4) is 0 Å². The number of hydrogen-bond acceptors (Lipinski definition) is 6. The minimum Gasteiger partial charge on any atom is -0.416 e. The van der Waals surface area contributed by atoms with Gasteiger partial charge in [-0.2, -0.15) is 0 Å². The topological polar surface area (TPSA) is 68.0 Å². The molecule has 0 saturated carbocycles. The van der Waals surface area contributed by atoms with Crippen LogP contribution in [0.15, 0.2) is 69.1 Å². The molecule has 3 rings (SSSR count). The van der Waals surface area contributed by atoms with E-state index < -0.39 is 0 Å². The van der Waals surface area contributed by atoms with E-state index >= 15 is 0 Å². The molecule has 1 aromatic heterocycles. The molecular formula is C22H25N3O2S2. The van der Waals surface area contributed by atoms with Crippen molar-refractivity contribution < 1.29 is 9.21 Å². The first-order chi connectivity index (χ1) is 14.1. The molecule has 2 aromatic carbocycles. The third-order valence-corrected chi connectivity index (χ3v) is 6.17. The standard InChI is InChI=1S/C22H25N3O2S2/c1-16-8-10-19(11-9-16)28-13-12-23-20(26)15-29-22-25-24-21(27-22)14-17(2)18-6-4-3-5-7-18/h3-11,17H,12-15H2,1-2H3,(H,23,26)/t17-/m0/s1.